The predicted molar refractivity (Wildman–Crippen MR) is 106 cm³/mol. The van der Waals surface area contributed by atoms with Crippen molar-refractivity contribution in [2.75, 3.05) is 32.1 Å². The molecule has 1 fully saturated rings. The normalized spacial score (nSPS) is 17.7. The molecule has 8 nitrogen and oxygen atoms in total. The lowest BCUT2D eigenvalue weighted by Crippen LogP contribution is -2.31. The maximum absolute atomic E-state index is 13.2. The molecule has 0 amide bonds. The van der Waals surface area contributed by atoms with E-state index in [0.29, 0.717) is 24.4 Å². The molecule has 1 aromatic carbocycles. The van der Waals surface area contributed by atoms with Crippen LogP contribution in [0.15, 0.2) is 53.6 Å². The molecule has 3 aromatic rings. The molecule has 1 atom stereocenters. The number of rotatable bonds is 5. The summed E-state index contributed by atoms with van der Waals surface area (Å²) in [6.45, 7) is 0.655. The van der Waals surface area contributed by atoms with Crippen LogP contribution in [-0.4, -0.2) is 61.2 Å². The number of sulfonamides is 1. The van der Waals surface area contributed by atoms with Crippen LogP contribution in [0.4, 0.5) is 5.82 Å². The number of para-hydroxylation sites is 1. The summed E-state index contributed by atoms with van der Waals surface area (Å²) in [6.07, 6.45) is 1.93. The van der Waals surface area contributed by atoms with E-state index >= 15 is 0 Å². The van der Waals surface area contributed by atoms with Crippen LogP contribution < -0.4 is 9.64 Å². The second-order valence-corrected chi connectivity index (χ2v) is 8.75. The third-order valence-corrected chi connectivity index (χ3v) is 6.59. The van der Waals surface area contributed by atoms with Crippen molar-refractivity contribution in [2.24, 2.45) is 0 Å². The largest absolute Gasteiger partial charge is 0.472 e. The van der Waals surface area contributed by atoms with Crippen molar-refractivity contribution in [2.45, 2.75) is 17.4 Å². The van der Waals surface area contributed by atoms with Crippen LogP contribution in [0, 0.1) is 0 Å². The van der Waals surface area contributed by atoms with Crippen molar-refractivity contribution in [3.63, 3.8) is 0 Å². The van der Waals surface area contributed by atoms with Crippen LogP contribution in [0.25, 0.3) is 10.9 Å². The number of hydrogen-bond acceptors (Lipinski definition) is 7. The van der Waals surface area contributed by atoms with Gasteiger partial charge in [0.05, 0.1) is 12.1 Å². The van der Waals surface area contributed by atoms with Gasteiger partial charge in [0.1, 0.15) is 11.0 Å². The lowest BCUT2D eigenvalue weighted by molar-refractivity contribution is 0.205. The zero-order chi connectivity index (χ0) is 19.7. The van der Waals surface area contributed by atoms with Gasteiger partial charge in [-0.25, -0.2) is 8.42 Å². The average Bonchev–Trinajstić information content (AvgIpc) is 3.17. The molecular formula is C19H21N5O3S. The average molecular weight is 399 g/mol. The summed E-state index contributed by atoms with van der Waals surface area (Å²) in [5.74, 6) is 1.12. The van der Waals surface area contributed by atoms with E-state index < -0.39 is 10.0 Å². The Kier molecular flexibility index (Phi) is 4.86. The molecule has 28 heavy (non-hydrogen) atoms. The summed E-state index contributed by atoms with van der Waals surface area (Å²) in [5, 5.41) is 8.94. The summed E-state index contributed by atoms with van der Waals surface area (Å²) in [6, 6.07) is 12.4. The zero-order valence-corrected chi connectivity index (χ0v) is 16.5. The van der Waals surface area contributed by atoms with Crippen molar-refractivity contribution < 1.29 is 13.2 Å². The van der Waals surface area contributed by atoms with Crippen LogP contribution in [0.5, 0.6) is 5.88 Å². The van der Waals surface area contributed by atoms with Crippen LogP contribution in [-0.2, 0) is 10.0 Å². The number of fused-ring (bicyclic) bond motifs is 1. The van der Waals surface area contributed by atoms with Crippen molar-refractivity contribution in [3.8, 4) is 5.88 Å². The number of ether oxygens (including phenoxy) is 1. The first kappa shape index (κ1) is 18.6. The fraction of sp³-hybridized carbons (Fsp3) is 0.316. The highest BCUT2D eigenvalue weighted by atomic mass is 32.2. The first-order valence-corrected chi connectivity index (χ1v) is 10.4. The van der Waals surface area contributed by atoms with E-state index in [1.165, 1.54) is 4.31 Å². The minimum atomic E-state index is -3.66. The predicted octanol–water partition coefficient (Wildman–Crippen LogP) is 1.93. The molecule has 146 valence electrons. The fourth-order valence-electron chi connectivity index (χ4n) is 3.22. The Morgan fingerprint density at radius 1 is 1.11 bits per heavy atom. The van der Waals surface area contributed by atoms with Crippen LogP contribution in [0.3, 0.4) is 0 Å². The van der Waals surface area contributed by atoms with Gasteiger partial charge in [-0.15, -0.1) is 10.2 Å². The minimum absolute atomic E-state index is 0.223. The van der Waals surface area contributed by atoms with E-state index in [9.17, 15) is 8.42 Å². The van der Waals surface area contributed by atoms with Crippen molar-refractivity contribution in [1.82, 2.24) is 19.5 Å². The Balaban J connectivity index is 1.51. The van der Waals surface area contributed by atoms with Gasteiger partial charge >= 0.3 is 0 Å². The Morgan fingerprint density at radius 2 is 1.93 bits per heavy atom. The molecule has 2 aromatic heterocycles. The molecule has 1 saturated heterocycles. The van der Waals surface area contributed by atoms with Gasteiger partial charge in [0.15, 0.2) is 5.82 Å². The van der Waals surface area contributed by atoms with E-state index in [2.05, 4.69) is 15.2 Å². The molecule has 0 unspecified atom stereocenters. The van der Waals surface area contributed by atoms with Gasteiger partial charge in [0.2, 0.25) is 15.9 Å². The Hall–Kier alpha value is -2.78. The monoisotopic (exact) mass is 399 g/mol. The number of anilines is 1. The molecule has 3 heterocycles. The molecule has 0 bridgehead atoms. The summed E-state index contributed by atoms with van der Waals surface area (Å²) < 4.78 is 33.6. The molecule has 4 rings (SSSR count). The Bertz CT molecular complexity index is 1080. The molecule has 0 saturated carbocycles. The second-order valence-electron chi connectivity index (χ2n) is 6.85. The topological polar surface area (TPSA) is 88.5 Å². The fourth-order valence-corrected chi connectivity index (χ4v) is 4.87. The molecule has 0 radical (unpaired) electrons. The van der Waals surface area contributed by atoms with Gasteiger partial charge < -0.3 is 9.64 Å². The number of benzene rings is 1. The van der Waals surface area contributed by atoms with E-state index in [4.69, 9.17) is 4.74 Å². The van der Waals surface area contributed by atoms with Gasteiger partial charge in [-0.3, -0.25) is 4.98 Å². The lowest BCUT2D eigenvalue weighted by Gasteiger charge is -2.18. The van der Waals surface area contributed by atoms with E-state index in [1.54, 1.807) is 30.5 Å². The van der Waals surface area contributed by atoms with E-state index in [-0.39, 0.29) is 17.5 Å². The first-order valence-electron chi connectivity index (χ1n) is 8.97. The van der Waals surface area contributed by atoms with Crippen molar-refractivity contribution in [1.29, 1.82) is 0 Å². The highest BCUT2D eigenvalue weighted by molar-refractivity contribution is 7.89. The highest BCUT2D eigenvalue weighted by Gasteiger charge is 2.35. The summed E-state index contributed by atoms with van der Waals surface area (Å²) in [4.78, 5) is 6.34. The first-order chi connectivity index (χ1) is 13.4. The minimum Gasteiger partial charge on any atom is -0.472 e. The molecule has 9 heteroatoms. The molecule has 0 aliphatic carbocycles. The van der Waals surface area contributed by atoms with Gasteiger partial charge in [-0.05, 0) is 24.6 Å². The maximum atomic E-state index is 13.2. The highest BCUT2D eigenvalue weighted by Crippen LogP contribution is 2.27. The number of hydrogen-bond donors (Lipinski definition) is 0. The van der Waals surface area contributed by atoms with Gasteiger partial charge in [-0.2, -0.15) is 4.31 Å². The lowest BCUT2D eigenvalue weighted by atomic mass is 10.2. The van der Waals surface area contributed by atoms with Gasteiger partial charge in [0, 0.05) is 38.3 Å². The zero-order valence-electron chi connectivity index (χ0n) is 15.7. The van der Waals surface area contributed by atoms with Crippen LogP contribution in [0.1, 0.15) is 6.42 Å². The molecule has 0 spiro atoms. The third-order valence-electron chi connectivity index (χ3n) is 4.69. The van der Waals surface area contributed by atoms with Gasteiger partial charge in [-0.1, -0.05) is 18.2 Å². The standard InChI is InChI=1S/C19H21N5O3S/c1-23(2)17-8-9-18(22-21-17)27-15-10-12-24(13-15)28(25,26)16-7-3-5-14-6-4-11-20-19(14)16/h3-9,11,15H,10,12-13H2,1-2H3/t15-/m1/s1. The second kappa shape index (κ2) is 7.33. The maximum Gasteiger partial charge on any atom is 0.245 e. The summed E-state index contributed by atoms with van der Waals surface area (Å²) >= 11 is 0. The SMILES string of the molecule is CN(C)c1ccc(O[C@@H]2CCN(S(=O)(=O)c3cccc4cccnc34)C2)nn1. The molecular weight excluding hydrogens is 378 g/mol. The smallest absolute Gasteiger partial charge is 0.245 e. The van der Waals surface area contributed by atoms with Crippen molar-refractivity contribution in [3.05, 3.63) is 48.7 Å². The van der Waals surface area contributed by atoms with Gasteiger partial charge in [0.25, 0.3) is 0 Å². The van der Waals surface area contributed by atoms with E-state index in [1.807, 2.05) is 37.2 Å². The number of nitrogens with zero attached hydrogens (tertiary/aromatic N) is 5. The Morgan fingerprint density at radius 3 is 2.68 bits per heavy atom. The summed E-state index contributed by atoms with van der Waals surface area (Å²) in [7, 11) is 0.102. The van der Waals surface area contributed by atoms with Crippen molar-refractivity contribution >= 4 is 26.7 Å². The van der Waals surface area contributed by atoms with Crippen LogP contribution >= 0.6 is 0 Å². The quantitative estimate of drug-likeness (QED) is 0.648. The summed E-state index contributed by atoms with van der Waals surface area (Å²) in [5.41, 5.74) is 0.486. The molecule has 0 N–H and O–H groups in total. The number of pyridine rings is 1. The third kappa shape index (κ3) is 3.50. The Labute approximate surface area is 163 Å². The number of aromatic nitrogens is 3. The van der Waals surface area contributed by atoms with E-state index in [0.717, 1.165) is 11.2 Å². The molecule has 1 aliphatic heterocycles. The molecule has 1 aliphatic rings. The van der Waals surface area contributed by atoms with Crippen LogP contribution in [0.2, 0.25) is 0 Å².